The molecule has 0 atom stereocenters. The Morgan fingerprint density at radius 2 is 0.267 bits per heavy atom. The van der Waals surface area contributed by atoms with Gasteiger partial charge in [0, 0.05) is 137 Å². The van der Waals surface area contributed by atoms with E-state index in [1.165, 1.54) is 421 Å². The van der Waals surface area contributed by atoms with Crippen molar-refractivity contribution in [3.8, 4) is 0 Å². The third-order valence-electron chi connectivity index (χ3n) is 40.8. The van der Waals surface area contributed by atoms with Crippen LogP contribution in [0, 0.1) is 67.0 Å². The molecule has 0 unspecified atom stereocenters. The molecule has 18 aliphatic rings. The van der Waals surface area contributed by atoms with Crippen molar-refractivity contribution in [3.05, 3.63) is 0 Å². The van der Waals surface area contributed by atoms with Gasteiger partial charge in [0.2, 0.25) is 0 Å². The van der Waals surface area contributed by atoms with Crippen LogP contribution in [-0.4, -0.2) is 349 Å². The summed E-state index contributed by atoms with van der Waals surface area (Å²) in [6, 6.07) is 10.3. The van der Waals surface area contributed by atoms with E-state index in [9.17, 15) is 0 Å². The molecule has 0 amide bonds. The molecule has 890 valence electrons. The van der Waals surface area contributed by atoms with Crippen LogP contribution >= 0.6 is 0 Å². The summed E-state index contributed by atoms with van der Waals surface area (Å²) in [6.07, 6.45) is 57.1. The molecule has 15 nitrogen and oxygen atoms in total. The second-order valence-electron chi connectivity index (χ2n) is 60.6. The van der Waals surface area contributed by atoms with Crippen LogP contribution in [0.2, 0.25) is 0 Å². The number of morpholine rings is 1. The van der Waals surface area contributed by atoms with Crippen LogP contribution in [0.5, 0.6) is 0 Å². The Hall–Kier alpha value is -0.600. The van der Waals surface area contributed by atoms with Gasteiger partial charge < -0.3 is 63.5 Å². The predicted molar refractivity (Wildman–Crippen MR) is 664 cm³/mol. The van der Waals surface area contributed by atoms with Crippen LogP contribution in [-0.2, 0) is 4.74 Å². The fourth-order valence-electron chi connectivity index (χ4n) is 28.8. The quantitative estimate of drug-likeness (QED) is 0.166. The maximum atomic E-state index is 6.15. The fraction of sp³-hybridized carbons (Fsp3) is 1.00. The smallest absolute Gasteiger partial charge is 0.0833 e. The molecule has 14 heterocycles. The van der Waals surface area contributed by atoms with Crippen LogP contribution in [0.3, 0.4) is 0 Å². The molecule has 0 radical (unpaired) electrons. The normalized spacial score (nSPS) is 25.9. The van der Waals surface area contributed by atoms with E-state index in [1.54, 1.807) is 0 Å². The van der Waals surface area contributed by atoms with Crippen molar-refractivity contribution in [1.29, 1.82) is 0 Å². The highest BCUT2D eigenvalue weighted by molar-refractivity contribution is 5.03. The molecular formula is C135H274N14O. The lowest BCUT2D eigenvalue weighted by atomic mass is 9.63. The van der Waals surface area contributed by atoms with Gasteiger partial charge in [-0.25, -0.2) is 0 Å². The first kappa shape index (κ1) is 138. The molecule has 4 aliphatic carbocycles. The largest absolute Gasteiger partial charge is 0.372 e. The zero-order valence-corrected chi connectivity index (χ0v) is 110. The monoisotopic (exact) mass is 2110 g/mol. The van der Waals surface area contributed by atoms with Crippen LogP contribution in [0.25, 0.3) is 0 Å². The predicted octanol–water partition coefficient (Wildman–Crippen LogP) is 31.6. The summed E-state index contributed by atoms with van der Waals surface area (Å²) in [7, 11) is 0. The van der Waals surface area contributed by atoms with Gasteiger partial charge in [0.05, 0.1) is 12.2 Å². The van der Waals surface area contributed by atoms with E-state index in [4.69, 9.17) is 4.74 Å². The molecule has 9 spiro atoms. The Morgan fingerprint density at radius 3 is 0.467 bits per heavy atom. The molecular weight excluding hydrogens is 1830 g/mol. The van der Waals surface area contributed by atoms with Crippen molar-refractivity contribution >= 4 is 0 Å². The number of rotatable bonds is 14. The topological polar surface area (TPSA) is 54.6 Å². The van der Waals surface area contributed by atoms with Crippen LogP contribution in [0.1, 0.15) is 527 Å². The van der Waals surface area contributed by atoms with Gasteiger partial charge in [-0.05, 0) is 591 Å². The van der Waals surface area contributed by atoms with E-state index in [0.29, 0.717) is 33.7 Å². The van der Waals surface area contributed by atoms with Crippen molar-refractivity contribution in [2.24, 2.45) is 67.0 Å². The fourth-order valence-corrected chi connectivity index (χ4v) is 28.8. The van der Waals surface area contributed by atoms with Crippen LogP contribution < -0.4 is 0 Å². The third-order valence-corrected chi connectivity index (χ3v) is 40.8. The number of nitrogens with zero attached hydrogens (tertiary/aromatic N) is 14. The number of hydrogen-bond donors (Lipinski definition) is 0. The number of ether oxygens (including phenoxy) is 1. The summed E-state index contributed by atoms with van der Waals surface area (Å²) >= 11 is 0. The van der Waals surface area contributed by atoms with E-state index < -0.39 is 0 Å². The van der Waals surface area contributed by atoms with Gasteiger partial charge in [-0.2, -0.15) is 0 Å². The first-order valence-corrected chi connectivity index (χ1v) is 66.4. The second kappa shape index (κ2) is 67.6. The zero-order chi connectivity index (χ0) is 112. The van der Waals surface area contributed by atoms with E-state index in [2.05, 4.69) is 346 Å². The highest BCUT2D eigenvalue weighted by Gasteiger charge is 2.49. The SMILES string of the molecule is CC(C)C.CC(C)C.CC(C)C.CC(C)C.CC(C)N1CCC2(CC1)CCN(C(C)C)C2.CC(C)N1CCC2(CC1)CCN(C(C)C)CC2.CC(C)N1CCC2(CC1)CN(C(C)C)C2.CC(C)N1CCC2(CC1)CN(C(C)C)CCO2.CC(C)N1CCC2(CCC2)CC1.CC(C)N1CCC2(CCCC2)CC1.CC(C)N1CCC2(CCCC2)CC1.CC(C)N1CCC2(CCCCC2)CC1.CC(C)N1CCC2(CCCN(C(C)C)C2)CC1. The van der Waals surface area contributed by atoms with Gasteiger partial charge in [0.1, 0.15) is 0 Å². The van der Waals surface area contributed by atoms with Gasteiger partial charge in [-0.3, -0.25) is 9.80 Å². The standard InChI is InChI=1S/2C15H30N2.C14H28N2O.C14H28N2.C13H26N2.C13H25N.2C12H23N.C11H21N.4C4H10/c1-13(2)16-9-5-15(6-10-16)7-11-17(12-8-15)14(3)4;1-13(2)16-10-7-15(8-11-16)6-5-9-17(12-15)14(3)4;1-12(2)15-7-5-14(6-8-15)11-16(13(3)4)9-10-17-14;1-12(2)15-8-5-14(6-9-15)7-10-16(11-14)13(3)4;1-11(2)14-7-5-13(6-8-14)9-15(10-13)12(3)4;1-12(2)14-10-8-13(9-11-14)6-4-3-5-7-13;2*1-11(2)13-9-7-12(8-10-13)5-3-4-6-12;1-10(2)12-8-6-11(7-9-12)4-3-5-11;4*1-4(2)3/h2*13-14H,5-12H2,1-4H3;12-13H,5-11H2,1-4H3;12-13H,5-11H2,1-4H3;11-12H,5-10H2,1-4H3;12H,3-11H2,1-2H3;2*11H,3-10H2,1-2H3;10H,3-9H2,1-2H3;4*4H,1-3H3. The van der Waals surface area contributed by atoms with E-state index in [-0.39, 0.29) is 5.60 Å². The summed E-state index contributed by atoms with van der Waals surface area (Å²) in [6.45, 7) is 129. The summed E-state index contributed by atoms with van der Waals surface area (Å²) in [5.74, 6) is 3.33. The van der Waals surface area contributed by atoms with Gasteiger partial charge in [0.15, 0.2) is 0 Å². The summed E-state index contributed by atoms with van der Waals surface area (Å²) in [4.78, 5) is 36.9. The Bertz CT molecular complexity index is 3150. The van der Waals surface area contributed by atoms with Crippen molar-refractivity contribution in [2.45, 2.75) is 618 Å². The molecule has 150 heavy (non-hydrogen) atoms. The van der Waals surface area contributed by atoms with Gasteiger partial charge in [-0.1, -0.05) is 134 Å². The molecule has 4 saturated carbocycles. The average Bonchev–Trinajstić information content (AvgIpc) is 0.939. The molecule has 18 rings (SSSR count). The van der Waals surface area contributed by atoms with E-state index in [0.717, 1.165) is 138 Å². The minimum atomic E-state index is 0.161. The molecule has 0 bridgehead atoms. The minimum absolute atomic E-state index is 0.161. The molecule has 14 aliphatic heterocycles. The lowest BCUT2D eigenvalue weighted by molar-refractivity contribution is -0.143. The van der Waals surface area contributed by atoms with Crippen molar-refractivity contribution in [1.82, 2.24) is 68.6 Å². The van der Waals surface area contributed by atoms with Gasteiger partial charge in [0.25, 0.3) is 0 Å². The lowest BCUT2D eigenvalue weighted by Gasteiger charge is -2.56. The molecule has 0 aromatic heterocycles. The van der Waals surface area contributed by atoms with Crippen molar-refractivity contribution in [2.75, 3.05) is 190 Å². The van der Waals surface area contributed by atoms with Crippen molar-refractivity contribution in [3.63, 3.8) is 0 Å². The molecule has 14 saturated heterocycles. The first-order chi connectivity index (χ1) is 70.4. The maximum Gasteiger partial charge on any atom is 0.0833 e. The molecule has 18 fully saturated rings. The minimum Gasteiger partial charge on any atom is -0.372 e. The molecule has 0 N–H and O–H groups in total. The number of likely N-dealkylation sites (tertiary alicyclic amines) is 13. The van der Waals surface area contributed by atoms with E-state index >= 15 is 0 Å². The molecule has 0 aromatic rings. The summed E-state index contributed by atoms with van der Waals surface area (Å²) in [5.41, 5.74) is 6.11. The van der Waals surface area contributed by atoms with Crippen molar-refractivity contribution < 1.29 is 4.74 Å². The van der Waals surface area contributed by atoms with E-state index in [1.807, 2.05) is 0 Å². The number of piperidine rings is 11. The highest BCUT2D eigenvalue weighted by Crippen LogP contribution is 2.53. The zero-order valence-electron chi connectivity index (χ0n) is 110. The third kappa shape index (κ3) is 48.1. The highest BCUT2D eigenvalue weighted by atomic mass is 16.5. The molecule has 15 heteroatoms. The summed E-state index contributed by atoms with van der Waals surface area (Å²) in [5, 5.41) is 0. The Morgan fingerprint density at radius 1 is 0.120 bits per heavy atom. The molecule has 0 aromatic carbocycles. The Kier molecular flexibility index (Phi) is 62.2. The Balaban J connectivity index is 0.000000253. The van der Waals surface area contributed by atoms with Crippen LogP contribution in [0.15, 0.2) is 0 Å². The summed E-state index contributed by atoms with van der Waals surface area (Å²) < 4.78 is 6.15. The maximum absolute atomic E-state index is 6.15. The number of hydrogen-bond acceptors (Lipinski definition) is 15. The Labute approximate surface area is 941 Å². The van der Waals surface area contributed by atoms with Gasteiger partial charge >= 0.3 is 0 Å². The first-order valence-electron chi connectivity index (χ1n) is 66.4. The van der Waals surface area contributed by atoms with Crippen LogP contribution in [0.4, 0.5) is 0 Å². The lowest BCUT2D eigenvalue weighted by Crippen LogP contribution is -2.62. The average molecular weight is 2110 g/mol. The second-order valence-corrected chi connectivity index (χ2v) is 60.6. The van der Waals surface area contributed by atoms with Gasteiger partial charge in [-0.15, -0.1) is 0 Å².